The minimum absolute atomic E-state index is 0.0599. The summed E-state index contributed by atoms with van der Waals surface area (Å²) in [5, 5.41) is 13.9. The van der Waals surface area contributed by atoms with E-state index in [0.717, 1.165) is 18.5 Å². The van der Waals surface area contributed by atoms with Gasteiger partial charge < -0.3 is 24.8 Å². The first-order valence-corrected chi connectivity index (χ1v) is 12.4. The number of carbonyl (C=O) groups is 1. The highest BCUT2D eigenvalue weighted by atomic mass is 16.5. The van der Waals surface area contributed by atoms with E-state index in [1.54, 1.807) is 6.07 Å². The third kappa shape index (κ3) is 7.13. The third-order valence-electron chi connectivity index (χ3n) is 5.98. The summed E-state index contributed by atoms with van der Waals surface area (Å²) < 4.78 is 11.4. The molecule has 2 aromatic rings. The fourth-order valence-electron chi connectivity index (χ4n) is 4.19. The van der Waals surface area contributed by atoms with Gasteiger partial charge in [-0.05, 0) is 40.7 Å². The summed E-state index contributed by atoms with van der Waals surface area (Å²) in [6.07, 6.45) is 0.772. The topological polar surface area (TPSA) is 71.0 Å². The van der Waals surface area contributed by atoms with Crippen molar-refractivity contribution in [3.8, 4) is 17.2 Å². The van der Waals surface area contributed by atoms with E-state index >= 15 is 0 Å². The van der Waals surface area contributed by atoms with Gasteiger partial charge in [0, 0.05) is 38.5 Å². The molecule has 6 nitrogen and oxygen atoms in total. The molecule has 1 amide bonds. The van der Waals surface area contributed by atoms with Gasteiger partial charge in [-0.2, -0.15) is 0 Å². The van der Waals surface area contributed by atoms with Gasteiger partial charge in [-0.25, -0.2) is 0 Å². The lowest BCUT2D eigenvalue weighted by Gasteiger charge is -2.28. The van der Waals surface area contributed by atoms with Crippen LogP contribution >= 0.6 is 0 Å². The minimum Gasteiger partial charge on any atom is -0.504 e. The van der Waals surface area contributed by atoms with Gasteiger partial charge in [0.1, 0.15) is 0 Å². The lowest BCUT2D eigenvalue weighted by molar-refractivity contribution is -0.136. The maximum absolute atomic E-state index is 13.4. The number of carbonyl (C=O) groups excluding carboxylic acids is 1. The minimum atomic E-state index is -0.166. The SMILES string of the molecule is CC(C)CN(Cc1cc(O)c2c(c1)OCCCO2)C(=O)C(C)CNCc1cccc(C(C)C)c1. The summed E-state index contributed by atoms with van der Waals surface area (Å²) >= 11 is 0. The van der Waals surface area contributed by atoms with E-state index < -0.39 is 0 Å². The maximum atomic E-state index is 13.4. The molecule has 0 bridgehead atoms. The second-order valence-electron chi connectivity index (χ2n) is 10.0. The molecule has 2 N–H and O–H groups in total. The summed E-state index contributed by atoms with van der Waals surface area (Å²) in [7, 11) is 0. The first-order valence-electron chi connectivity index (χ1n) is 12.4. The van der Waals surface area contributed by atoms with E-state index in [1.165, 1.54) is 11.1 Å². The number of phenolic OH excluding ortho intramolecular Hbond substituents is 1. The lowest BCUT2D eigenvalue weighted by atomic mass is 10.0. The van der Waals surface area contributed by atoms with E-state index in [9.17, 15) is 9.90 Å². The number of hydrogen-bond acceptors (Lipinski definition) is 5. The highest BCUT2D eigenvalue weighted by Crippen LogP contribution is 2.39. The van der Waals surface area contributed by atoms with E-state index in [1.807, 2.05) is 17.9 Å². The zero-order valence-corrected chi connectivity index (χ0v) is 21.3. The average molecular weight is 469 g/mol. The standard InChI is InChI=1S/C28H40N2O4/c1-19(2)17-30(18-23-13-25(31)27-26(14-23)33-10-7-11-34-27)28(32)21(5)15-29-16-22-8-6-9-24(12-22)20(3)4/h6,8-9,12-14,19-21,29,31H,7,10-11,15-18H2,1-5H3. The van der Waals surface area contributed by atoms with Gasteiger partial charge in [0.2, 0.25) is 11.7 Å². The predicted octanol–water partition coefficient (Wildman–Crippen LogP) is 5.09. The number of phenols is 1. The van der Waals surface area contributed by atoms with Crippen LogP contribution in [0.15, 0.2) is 36.4 Å². The molecule has 3 rings (SSSR count). The van der Waals surface area contributed by atoms with Crippen molar-refractivity contribution in [2.75, 3.05) is 26.3 Å². The van der Waals surface area contributed by atoms with Crippen molar-refractivity contribution in [2.24, 2.45) is 11.8 Å². The number of aromatic hydroxyl groups is 1. The first-order chi connectivity index (χ1) is 16.2. The van der Waals surface area contributed by atoms with Gasteiger partial charge in [0.15, 0.2) is 11.5 Å². The molecule has 6 heteroatoms. The number of amides is 1. The van der Waals surface area contributed by atoms with Crippen LogP contribution in [0, 0.1) is 11.8 Å². The normalized spacial score (nSPS) is 14.2. The molecule has 0 saturated heterocycles. The zero-order chi connectivity index (χ0) is 24.7. The number of benzene rings is 2. The summed E-state index contributed by atoms with van der Waals surface area (Å²) in [5.74, 6) is 1.76. The lowest BCUT2D eigenvalue weighted by Crippen LogP contribution is -2.40. The van der Waals surface area contributed by atoms with Crippen molar-refractivity contribution in [1.29, 1.82) is 0 Å². The summed E-state index contributed by atoms with van der Waals surface area (Å²) in [6.45, 7) is 14.0. The van der Waals surface area contributed by atoms with Crippen LogP contribution in [0.1, 0.15) is 63.6 Å². The highest BCUT2D eigenvalue weighted by Gasteiger charge is 2.23. The quantitative estimate of drug-likeness (QED) is 0.508. The summed E-state index contributed by atoms with van der Waals surface area (Å²) in [6, 6.07) is 12.2. The van der Waals surface area contributed by atoms with Crippen molar-refractivity contribution in [3.63, 3.8) is 0 Å². The molecule has 0 radical (unpaired) electrons. The predicted molar refractivity (Wildman–Crippen MR) is 135 cm³/mol. The Labute approximate surface area is 204 Å². The number of nitrogens with zero attached hydrogens (tertiary/aromatic N) is 1. The van der Waals surface area contributed by atoms with Gasteiger partial charge in [-0.15, -0.1) is 0 Å². The Morgan fingerprint density at radius 1 is 1.06 bits per heavy atom. The van der Waals surface area contributed by atoms with Crippen molar-refractivity contribution in [1.82, 2.24) is 10.2 Å². The Bertz CT molecular complexity index is 957. The number of nitrogens with one attached hydrogen (secondary N) is 1. The first kappa shape index (κ1) is 25.9. The van der Waals surface area contributed by atoms with Crippen molar-refractivity contribution >= 4 is 5.91 Å². The Morgan fingerprint density at radius 3 is 2.56 bits per heavy atom. The number of fused-ring (bicyclic) bond motifs is 1. The van der Waals surface area contributed by atoms with E-state index in [2.05, 4.69) is 57.3 Å². The molecule has 0 aromatic heterocycles. The van der Waals surface area contributed by atoms with E-state index in [0.29, 0.717) is 56.2 Å². The molecule has 0 fully saturated rings. The van der Waals surface area contributed by atoms with Crippen LogP contribution in [0.5, 0.6) is 17.2 Å². The van der Waals surface area contributed by atoms with Crippen LogP contribution in [-0.2, 0) is 17.9 Å². The molecule has 1 atom stereocenters. The van der Waals surface area contributed by atoms with Gasteiger partial charge >= 0.3 is 0 Å². The van der Waals surface area contributed by atoms with Crippen molar-refractivity contribution < 1.29 is 19.4 Å². The van der Waals surface area contributed by atoms with Gasteiger partial charge in [-0.1, -0.05) is 58.9 Å². The van der Waals surface area contributed by atoms with Crippen molar-refractivity contribution in [2.45, 2.75) is 60.0 Å². The average Bonchev–Trinajstić information content (AvgIpc) is 3.04. The van der Waals surface area contributed by atoms with E-state index in [4.69, 9.17) is 9.47 Å². The maximum Gasteiger partial charge on any atom is 0.226 e. The molecule has 1 unspecified atom stereocenters. The molecule has 0 aliphatic carbocycles. The fraction of sp³-hybridized carbons (Fsp3) is 0.536. The Balaban J connectivity index is 1.64. The molecular formula is C28H40N2O4. The molecule has 0 spiro atoms. The zero-order valence-electron chi connectivity index (χ0n) is 21.3. The molecule has 1 aliphatic rings. The van der Waals surface area contributed by atoms with Gasteiger partial charge in [0.05, 0.1) is 13.2 Å². The molecular weight excluding hydrogens is 428 g/mol. The monoisotopic (exact) mass is 468 g/mol. The Morgan fingerprint density at radius 2 is 1.82 bits per heavy atom. The van der Waals surface area contributed by atoms with Crippen LogP contribution in [0.25, 0.3) is 0 Å². The van der Waals surface area contributed by atoms with Crippen LogP contribution < -0.4 is 14.8 Å². The van der Waals surface area contributed by atoms with E-state index in [-0.39, 0.29) is 17.6 Å². The number of rotatable bonds is 10. The second-order valence-corrected chi connectivity index (χ2v) is 10.0. The summed E-state index contributed by atoms with van der Waals surface area (Å²) in [5.41, 5.74) is 3.39. The third-order valence-corrected chi connectivity index (χ3v) is 5.98. The molecule has 2 aromatic carbocycles. The number of ether oxygens (including phenoxy) is 2. The van der Waals surface area contributed by atoms with Crippen LogP contribution in [-0.4, -0.2) is 42.2 Å². The molecule has 1 heterocycles. The van der Waals surface area contributed by atoms with Gasteiger partial charge in [0.25, 0.3) is 0 Å². The Kier molecular flexibility index (Phi) is 9.22. The molecule has 0 saturated carbocycles. The fourth-order valence-corrected chi connectivity index (χ4v) is 4.19. The van der Waals surface area contributed by atoms with Crippen LogP contribution in [0.3, 0.4) is 0 Å². The molecule has 186 valence electrons. The van der Waals surface area contributed by atoms with Crippen LogP contribution in [0.2, 0.25) is 0 Å². The Hall–Kier alpha value is -2.73. The van der Waals surface area contributed by atoms with Gasteiger partial charge in [-0.3, -0.25) is 4.79 Å². The largest absolute Gasteiger partial charge is 0.504 e. The highest BCUT2D eigenvalue weighted by molar-refractivity contribution is 5.78. The molecule has 1 aliphatic heterocycles. The number of hydrogen-bond donors (Lipinski definition) is 2. The van der Waals surface area contributed by atoms with Crippen molar-refractivity contribution in [3.05, 3.63) is 53.1 Å². The summed E-state index contributed by atoms with van der Waals surface area (Å²) in [4.78, 5) is 15.2. The molecule has 34 heavy (non-hydrogen) atoms. The second kappa shape index (κ2) is 12.1. The van der Waals surface area contributed by atoms with Crippen LogP contribution in [0.4, 0.5) is 0 Å². The smallest absolute Gasteiger partial charge is 0.226 e.